The smallest absolute Gasteiger partial charge is 0.303 e. The van der Waals surface area contributed by atoms with Crippen LogP contribution >= 0.6 is 0 Å². The fraction of sp³-hybridized carbons (Fsp3) is 0.720. The molecule has 5 atom stereocenters. The monoisotopic (exact) mass is 450 g/mol. The number of allylic oxidation sites excluding steroid dienone is 2. The van der Waals surface area contributed by atoms with Crippen molar-refractivity contribution < 1.29 is 25.2 Å². The molecule has 6 heteroatoms. The summed E-state index contributed by atoms with van der Waals surface area (Å²) in [7, 11) is -1.59. The van der Waals surface area contributed by atoms with Crippen molar-refractivity contribution in [2.75, 3.05) is 0 Å². The molecule has 0 bridgehead atoms. The maximum absolute atomic E-state index is 11.1. The highest BCUT2D eigenvalue weighted by molar-refractivity contribution is 6.83. The van der Waals surface area contributed by atoms with E-state index < -0.39 is 31.9 Å². The van der Waals surface area contributed by atoms with E-state index in [-0.39, 0.29) is 18.3 Å². The number of aliphatic hydroxyl groups excluding tert-OH is 2. The number of unbranched alkanes of at least 4 members (excludes halogenated alkanes) is 2. The average molecular weight is 451 g/mol. The van der Waals surface area contributed by atoms with Gasteiger partial charge in [-0.2, -0.15) is 0 Å². The van der Waals surface area contributed by atoms with Crippen molar-refractivity contribution in [1.29, 1.82) is 0 Å². The van der Waals surface area contributed by atoms with Gasteiger partial charge in [0.05, 0.1) is 12.2 Å². The lowest BCUT2D eigenvalue weighted by Crippen LogP contribution is -2.28. The van der Waals surface area contributed by atoms with Crippen LogP contribution in [0.5, 0.6) is 0 Å². The van der Waals surface area contributed by atoms with Crippen LogP contribution < -0.4 is 0 Å². The Morgan fingerprint density at radius 3 is 2.45 bits per heavy atom. The number of aliphatic hydroxyl groups is 3. The standard InChI is InChI=1S/C25H42O5Si/c1-5-6-15-25(30,17-18-31(2,3)4)16-11-13-21-20(22(26)19-23(21)27)12-9-7-8-10-14-24(28)29/h7,9,11,13,20-23,26-27,30H,5-6,8,10,12,14-16,19H2,1-4H3,(H,28,29)/b9-7-,13-11+/t20-,21-,22+,23-,25?/m1/s1. The number of carboxylic acids is 1. The van der Waals surface area contributed by atoms with Gasteiger partial charge in [0.1, 0.15) is 13.7 Å². The fourth-order valence-electron chi connectivity index (χ4n) is 3.86. The van der Waals surface area contributed by atoms with Crippen molar-refractivity contribution in [3.05, 3.63) is 24.3 Å². The summed E-state index contributed by atoms with van der Waals surface area (Å²) in [6.07, 6.45) is 12.0. The zero-order valence-corrected chi connectivity index (χ0v) is 20.7. The molecule has 0 radical (unpaired) electrons. The Bertz CT molecular complexity index is 670. The molecular formula is C25H42O5Si. The fourth-order valence-corrected chi connectivity index (χ4v) is 4.47. The number of carbonyl (C=O) groups is 1. The Kier molecular flexibility index (Phi) is 11.8. The Morgan fingerprint density at radius 2 is 1.84 bits per heavy atom. The zero-order valence-electron chi connectivity index (χ0n) is 19.7. The lowest BCUT2D eigenvalue weighted by Gasteiger charge is -2.23. The molecule has 1 aliphatic carbocycles. The SMILES string of the molecule is CCCCC(O)(C#C[Si](C)(C)C)C/C=C/[C@@H]1[C@@H](C/C=C\CCCC(=O)O)[C@@H](O)C[C@H]1O. The first kappa shape index (κ1) is 27.6. The van der Waals surface area contributed by atoms with E-state index in [9.17, 15) is 20.1 Å². The quantitative estimate of drug-likeness (QED) is 0.154. The van der Waals surface area contributed by atoms with Crippen molar-refractivity contribution >= 4 is 14.0 Å². The summed E-state index contributed by atoms with van der Waals surface area (Å²) in [5.74, 6) is 2.10. The maximum atomic E-state index is 11.1. The largest absolute Gasteiger partial charge is 0.481 e. The van der Waals surface area contributed by atoms with E-state index in [2.05, 4.69) is 38.0 Å². The van der Waals surface area contributed by atoms with E-state index >= 15 is 0 Å². The first-order chi connectivity index (χ1) is 14.5. The van der Waals surface area contributed by atoms with Crippen LogP contribution in [-0.2, 0) is 4.79 Å². The van der Waals surface area contributed by atoms with E-state index in [0.29, 0.717) is 38.5 Å². The summed E-state index contributed by atoms with van der Waals surface area (Å²) in [4.78, 5) is 10.6. The maximum Gasteiger partial charge on any atom is 0.303 e. The first-order valence-electron chi connectivity index (χ1n) is 11.6. The second-order valence-corrected chi connectivity index (χ2v) is 14.6. The van der Waals surface area contributed by atoms with E-state index in [4.69, 9.17) is 5.11 Å². The third-order valence-corrected chi connectivity index (χ3v) is 6.56. The molecule has 0 saturated heterocycles. The molecule has 1 rings (SSSR count). The highest BCUT2D eigenvalue weighted by Crippen LogP contribution is 2.36. The molecular weight excluding hydrogens is 408 g/mol. The van der Waals surface area contributed by atoms with Gasteiger partial charge in [0.2, 0.25) is 0 Å². The third kappa shape index (κ3) is 11.2. The Hall–Kier alpha value is -1.39. The van der Waals surface area contributed by atoms with Gasteiger partial charge in [0.15, 0.2) is 0 Å². The number of carboxylic acid groups (broad SMARTS) is 1. The molecule has 31 heavy (non-hydrogen) atoms. The van der Waals surface area contributed by atoms with E-state index in [1.165, 1.54) is 0 Å². The highest BCUT2D eigenvalue weighted by Gasteiger charge is 2.39. The molecule has 0 spiro atoms. The zero-order chi connectivity index (χ0) is 23.5. The van der Waals surface area contributed by atoms with Gasteiger partial charge in [-0.3, -0.25) is 4.79 Å². The molecule has 0 heterocycles. The van der Waals surface area contributed by atoms with Crippen LogP contribution in [0.2, 0.25) is 19.6 Å². The Morgan fingerprint density at radius 1 is 1.13 bits per heavy atom. The van der Waals surface area contributed by atoms with Gasteiger partial charge in [0, 0.05) is 25.2 Å². The lowest BCUT2D eigenvalue weighted by atomic mass is 9.88. The highest BCUT2D eigenvalue weighted by atomic mass is 28.3. The van der Waals surface area contributed by atoms with Gasteiger partial charge in [-0.05, 0) is 38.0 Å². The van der Waals surface area contributed by atoms with Crippen molar-refractivity contribution in [3.63, 3.8) is 0 Å². The minimum Gasteiger partial charge on any atom is -0.481 e. The summed E-state index contributed by atoms with van der Waals surface area (Å²) in [5.41, 5.74) is 2.25. The van der Waals surface area contributed by atoms with E-state index in [1.807, 2.05) is 24.3 Å². The predicted molar refractivity (Wildman–Crippen MR) is 128 cm³/mol. The van der Waals surface area contributed by atoms with Gasteiger partial charge in [-0.1, -0.05) is 63.2 Å². The normalized spacial score (nSPS) is 26.2. The summed E-state index contributed by atoms with van der Waals surface area (Å²) in [6, 6.07) is 0. The van der Waals surface area contributed by atoms with Gasteiger partial charge in [-0.25, -0.2) is 0 Å². The van der Waals surface area contributed by atoms with Crippen LogP contribution in [-0.4, -0.2) is 52.3 Å². The minimum atomic E-state index is -1.59. The lowest BCUT2D eigenvalue weighted by molar-refractivity contribution is -0.137. The van der Waals surface area contributed by atoms with E-state index in [0.717, 1.165) is 12.8 Å². The van der Waals surface area contributed by atoms with Crippen LogP contribution in [0.3, 0.4) is 0 Å². The van der Waals surface area contributed by atoms with Crippen LogP contribution in [0.4, 0.5) is 0 Å². The van der Waals surface area contributed by atoms with Crippen LogP contribution in [0.1, 0.15) is 64.7 Å². The van der Waals surface area contributed by atoms with Crippen LogP contribution in [0, 0.1) is 23.3 Å². The molecule has 0 aliphatic heterocycles. The molecule has 1 aliphatic rings. The second-order valence-electron chi connectivity index (χ2n) is 9.87. The van der Waals surface area contributed by atoms with Gasteiger partial charge in [-0.15, -0.1) is 5.54 Å². The van der Waals surface area contributed by atoms with Gasteiger partial charge >= 0.3 is 5.97 Å². The Balaban J connectivity index is 2.76. The number of aliphatic carboxylic acids is 1. The number of hydrogen-bond donors (Lipinski definition) is 4. The molecule has 4 N–H and O–H groups in total. The first-order valence-corrected chi connectivity index (χ1v) is 15.1. The van der Waals surface area contributed by atoms with Gasteiger partial charge in [0.25, 0.3) is 0 Å². The van der Waals surface area contributed by atoms with Gasteiger partial charge < -0.3 is 20.4 Å². The average Bonchev–Trinajstić information content (AvgIpc) is 2.93. The molecule has 1 unspecified atom stereocenters. The predicted octanol–water partition coefficient (Wildman–Crippen LogP) is 4.29. The van der Waals surface area contributed by atoms with Crippen LogP contribution in [0.15, 0.2) is 24.3 Å². The van der Waals surface area contributed by atoms with Crippen molar-refractivity contribution in [2.45, 2.75) is 102 Å². The summed E-state index contributed by atoms with van der Waals surface area (Å²) in [6.45, 7) is 8.57. The molecule has 0 aromatic rings. The molecule has 0 aromatic heterocycles. The second kappa shape index (κ2) is 13.2. The number of hydrogen-bond acceptors (Lipinski definition) is 4. The Labute approximate surface area is 189 Å². The minimum absolute atomic E-state index is 0.0845. The van der Waals surface area contributed by atoms with Crippen LogP contribution in [0.25, 0.3) is 0 Å². The summed E-state index contributed by atoms with van der Waals surface area (Å²) < 4.78 is 0. The molecule has 1 saturated carbocycles. The molecule has 176 valence electrons. The van der Waals surface area contributed by atoms with Crippen molar-refractivity contribution in [3.8, 4) is 11.5 Å². The molecule has 5 nitrogen and oxygen atoms in total. The van der Waals surface area contributed by atoms with E-state index in [1.54, 1.807) is 0 Å². The van der Waals surface area contributed by atoms with Crippen molar-refractivity contribution in [1.82, 2.24) is 0 Å². The molecule has 1 fully saturated rings. The van der Waals surface area contributed by atoms with Crippen molar-refractivity contribution in [2.24, 2.45) is 11.8 Å². The number of rotatable bonds is 12. The molecule has 0 aromatic carbocycles. The topological polar surface area (TPSA) is 98.0 Å². The summed E-state index contributed by atoms with van der Waals surface area (Å²) >= 11 is 0. The summed E-state index contributed by atoms with van der Waals surface area (Å²) in [5, 5.41) is 40.6. The third-order valence-electron chi connectivity index (χ3n) is 5.68. The molecule has 0 amide bonds.